The molecule has 79 heavy (non-hydrogen) atoms. The number of nitro benzene ring substituents is 2. The van der Waals surface area contributed by atoms with Crippen molar-refractivity contribution < 1.29 is 152 Å². The first-order valence-corrected chi connectivity index (χ1v) is 29.5. The van der Waals surface area contributed by atoms with Crippen molar-refractivity contribution in [2.24, 2.45) is 10.8 Å². The topological polar surface area (TPSA) is 307 Å². The number of nitrogens with zero attached hydrogens (tertiary/aromatic N) is 7. The molecular formula is C50H52Cl2FK2N11O11P2. The minimum Gasteiger partial charge on any atom is -1.00 e. The monoisotopic (exact) mass is 1210 g/mol. The van der Waals surface area contributed by atoms with Crippen molar-refractivity contribution in [1.82, 2.24) is 19.9 Å². The van der Waals surface area contributed by atoms with E-state index in [0.717, 1.165) is 25.0 Å². The Morgan fingerprint density at radius 2 is 1.10 bits per heavy atom. The Balaban J connectivity index is 0.000000279. The molecule has 3 saturated carbocycles. The molecule has 29 heteroatoms. The van der Waals surface area contributed by atoms with Gasteiger partial charge in [0, 0.05) is 78.3 Å². The number of hydrogen-bond donors (Lipinski definition) is 4. The van der Waals surface area contributed by atoms with E-state index in [-0.39, 0.29) is 161 Å². The van der Waals surface area contributed by atoms with E-state index in [2.05, 4.69) is 46.1 Å². The van der Waals surface area contributed by atoms with Crippen molar-refractivity contribution in [3.05, 3.63) is 133 Å². The van der Waals surface area contributed by atoms with E-state index < -0.39 is 35.6 Å². The average Bonchev–Trinajstić information content (AvgIpc) is 3.33. The molecule has 0 unspecified atom stereocenters. The summed E-state index contributed by atoms with van der Waals surface area (Å²) >= 11 is 12.5. The van der Waals surface area contributed by atoms with Gasteiger partial charge in [0.25, 0.3) is 12.2 Å². The zero-order valence-electron chi connectivity index (χ0n) is 44.8. The molecule has 4 aromatic carbocycles. The maximum absolute atomic E-state index is 13.5. The summed E-state index contributed by atoms with van der Waals surface area (Å²) in [5.74, 6) is 0.635. The third kappa shape index (κ3) is 17.2. The van der Waals surface area contributed by atoms with Crippen LogP contribution in [0.2, 0.25) is 10.0 Å². The van der Waals surface area contributed by atoms with Gasteiger partial charge in [-0.2, -0.15) is 14.4 Å². The molecule has 0 amide bonds. The Kier molecular flexibility index (Phi) is 23.5. The van der Waals surface area contributed by atoms with Crippen molar-refractivity contribution in [2.75, 3.05) is 65.9 Å². The van der Waals surface area contributed by atoms with Crippen LogP contribution in [0.3, 0.4) is 0 Å². The van der Waals surface area contributed by atoms with Crippen LogP contribution in [-0.4, -0.2) is 87.6 Å². The molecule has 1 aliphatic heterocycles. The van der Waals surface area contributed by atoms with Crippen LogP contribution in [0, 0.1) is 36.9 Å². The molecule has 0 radical (unpaired) electrons. The second kappa shape index (κ2) is 28.2. The van der Waals surface area contributed by atoms with Crippen LogP contribution in [0.5, 0.6) is 0 Å². The second-order valence-corrected chi connectivity index (χ2v) is 26.8. The molecule has 2 spiro atoms. The van der Waals surface area contributed by atoms with Crippen LogP contribution < -0.4 is 145 Å². The Hall–Kier alpha value is -4.15. The maximum Gasteiger partial charge on any atom is 1.00 e. The molecule has 2 aromatic heterocycles. The SMILES string of the molecule is CP(C)(=O)c1ccccc1Nc1nc(Nc2ccc(F)c([N+](=O)[O-])c2)ncc1Cl.CP(C)(=O)c1ccccc1Nc1nc(Nc2ccc(N3CC4(CC(=O)C4)C3)c([N+](=O)[O-])c2)ncc1Cl.O=C1CC2(CCC2)C1.O=CO[O-].[H-].[K+].[K+]. The fourth-order valence-electron chi connectivity index (χ4n) is 9.14. The van der Waals surface area contributed by atoms with Gasteiger partial charge in [-0.3, -0.25) is 34.6 Å². The first-order valence-electron chi connectivity index (χ1n) is 23.6. The fourth-order valence-corrected chi connectivity index (χ4v) is 11.7. The number of anilines is 9. The molecule has 6 aromatic rings. The van der Waals surface area contributed by atoms with E-state index >= 15 is 0 Å². The van der Waals surface area contributed by atoms with Crippen molar-refractivity contribution in [3.8, 4) is 0 Å². The second-order valence-electron chi connectivity index (χ2n) is 19.6. The van der Waals surface area contributed by atoms with Crippen molar-refractivity contribution in [2.45, 2.75) is 44.9 Å². The predicted molar refractivity (Wildman–Crippen MR) is 292 cm³/mol. The van der Waals surface area contributed by atoms with Crippen LogP contribution in [0.25, 0.3) is 0 Å². The van der Waals surface area contributed by atoms with E-state index in [1.807, 2.05) is 17.0 Å². The summed E-state index contributed by atoms with van der Waals surface area (Å²) in [4.78, 5) is 73.4. The maximum atomic E-state index is 13.5. The Labute approximate surface area is 549 Å². The quantitative estimate of drug-likeness (QED) is 0.0300. The number of para-hydroxylation sites is 2. The molecule has 3 aliphatic carbocycles. The number of Topliss-reactive ketones (excluding diaryl/α,β-unsaturated/α-hetero) is 2. The third-order valence-corrected chi connectivity index (χ3v) is 16.6. The predicted octanol–water partition coefficient (Wildman–Crippen LogP) is 3.93. The molecule has 406 valence electrons. The number of rotatable bonds is 14. The molecule has 4 fully saturated rings. The summed E-state index contributed by atoms with van der Waals surface area (Å²) in [6.45, 7) is 7.79. The number of hydrogen-bond acceptors (Lipinski definition) is 20. The van der Waals surface area contributed by atoms with Gasteiger partial charge in [-0.05, 0) is 93.4 Å². The Morgan fingerprint density at radius 1 is 0.684 bits per heavy atom. The summed E-state index contributed by atoms with van der Waals surface area (Å²) in [5.41, 5.74) is 2.26. The van der Waals surface area contributed by atoms with Crippen molar-refractivity contribution in [1.29, 1.82) is 0 Å². The van der Waals surface area contributed by atoms with E-state index in [1.54, 1.807) is 75.2 Å². The van der Waals surface area contributed by atoms with Gasteiger partial charge < -0.3 is 46.9 Å². The zero-order chi connectivity index (χ0) is 55.9. The number of carbonyl (C=O) groups excluding carboxylic acids is 3. The summed E-state index contributed by atoms with van der Waals surface area (Å²) in [5, 5.41) is 44.9. The Morgan fingerprint density at radius 3 is 1.48 bits per heavy atom. The Bertz CT molecular complexity index is 3360. The minimum atomic E-state index is -2.56. The normalized spacial score (nSPS) is 15.0. The third-order valence-electron chi connectivity index (χ3n) is 12.9. The van der Waals surface area contributed by atoms with Gasteiger partial charge in [-0.15, -0.1) is 0 Å². The van der Waals surface area contributed by atoms with Gasteiger partial charge in [-0.1, -0.05) is 53.9 Å². The van der Waals surface area contributed by atoms with Crippen LogP contribution in [-0.2, 0) is 28.4 Å². The fraction of sp³-hybridized carbons (Fsp3) is 0.300. The van der Waals surface area contributed by atoms with Crippen LogP contribution in [0.4, 0.5) is 67.7 Å². The van der Waals surface area contributed by atoms with E-state index in [9.17, 15) is 43.3 Å². The number of nitrogens with one attached hydrogen (secondary N) is 4. The van der Waals surface area contributed by atoms with Gasteiger partial charge in [0.05, 0.1) is 33.6 Å². The van der Waals surface area contributed by atoms with Crippen molar-refractivity contribution in [3.63, 3.8) is 0 Å². The van der Waals surface area contributed by atoms with Gasteiger partial charge in [0.15, 0.2) is 11.6 Å². The number of benzene rings is 4. The molecule has 22 nitrogen and oxygen atoms in total. The number of ketones is 2. The van der Waals surface area contributed by atoms with Gasteiger partial charge in [0.2, 0.25) is 17.7 Å². The summed E-state index contributed by atoms with van der Waals surface area (Å²) in [6, 6.07) is 22.5. The van der Waals surface area contributed by atoms with E-state index in [1.165, 1.54) is 43.8 Å². The number of aromatic nitrogens is 4. The molecule has 0 bridgehead atoms. The average molecular weight is 1210 g/mol. The van der Waals surface area contributed by atoms with E-state index in [4.69, 9.17) is 33.3 Å². The van der Waals surface area contributed by atoms with Crippen LogP contribution in [0.1, 0.15) is 46.4 Å². The van der Waals surface area contributed by atoms with E-state index in [0.29, 0.717) is 76.3 Å². The molecule has 0 atom stereocenters. The minimum absolute atomic E-state index is 0. The summed E-state index contributed by atoms with van der Waals surface area (Å²) in [6.07, 6.45) is 9.73. The van der Waals surface area contributed by atoms with Gasteiger partial charge >= 0.3 is 108 Å². The number of halogens is 3. The first-order chi connectivity index (χ1) is 36.4. The molecule has 4 N–H and O–H groups in total. The van der Waals surface area contributed by atoms with Crippen LogP contribution >= 0.6 is 37.5 Å². The number of carbonyl (C=O) groups is 3. The smallest absolute Gasteiger partial charge is 1.00 e. The zero-order valence-corrected chi connectivity index (χ0v) is 53.4. The molecule has 4 aliphatic rings. The molecule has 10 rings (SSSR count). The molecular weight excluding hydrogens is 1160 g/mol. The van der Waals surface area contributed by atoms with Crippen molar-refractivity contribution >= 4 is 129 Å². The largest absolute Gasteiger partial charge is 1.00 e. The molecule has 3 heterocycles. The summed E-state index contributed by atoms with van der Waals surface area (Å²) < 4.78 is 38.7. The molecule has 1 saturated heterocycles. The number of nitro groups is 2. The first kappa shape index (κ1) is 65.7. The van der Waals surface area contributed by atoms with Gasteiger partial charge in [-0.25, -0.2) is 9.97 Å². The van der Waals surface area contributed by atoms with Crippen LogP contribution in [0.15, 0.2) is 97.3 Å². The van der Waals surface area contributed by atoms with Gasteiger partial charge in [0.1, 0.15) is 41.6 Å². The summed E-state index contributed by atoms with van der Waals surface area (Å²) in [7, 11) is -5.12. The standard InChI is InChI=1S/C24H24ClN6O4P.C18H16ClFN5O3P.C7H10O.CH2O3.2K.H/c1-36(2,35)21-6-4-3-5-18(21)28-22-17(25)12-26-23(29-22)27-15-7-8-19(20(9-15)31(33)34)30-13-24(14-30)10-16(32)11-24;1-29(2,28)16-6-4-3-5-14(16)23-17-12(19)10-21-18(24-17)22-11-7-8-13(20)15(9-11)25(26)27;8-6-4-7(5-6)2-1-3-7;2-1-4-3;;;/h3-9,12H,10-11,13-14H2,1-2H3,(H2,26,27,28,29);3-10H,1-2H3,(H2,21,22,23,24);1-5H2;1,3H;;;/q;;;;2*+1;-1/p-1.